The van der Waals surface area contributed by atoms with Crippen molar-refractivity contribution in [3.8, 4) is 22.5 Å². The lowest BCUT2D eigenvalue weighted by atomic mass is 9.90. The number of hydrogen-bond donors (Lipinski definition) is 11. The highest BCUT2D eigenvalue weighted by Crippen LogP contribution is 2.42. The predicted molar refractivity (Wildman–Crippen MR) is 362 cm³/mol. The lowest BCUT2D eigenvalue weighted by Gasteiger charge is -2.31. The van der Waals surface area contributed by atoms with Gasteiger partial charge in [0.2, 0.25) is 34.9 Å². The second kappa shape index (κ2) is 34.5. The fraction of sp³-hybridized carbons (Fsp3) is 0.400. The molecule has 2 saturated heterocycles. The molecule has 0 bridgehead atoms. The third-order valence-corrected chi connectivity index (χ3v) is 17.4. The summed E-state index contributed by atoms with van der Waals surface area (Å²) in [6.45, 7) is 8.04. The highest BCUT2D eigenvalue weighted by atomic mass is 16.6. The molecule has 0 saturated carbocycles. The van der Waals surface area contributed by atoms with Gasteiger partial charge in [0.1, 0.15) is 54.8 Å². The SMILES string of the molecule is CC[C@H](C)[C@H](NC(=O)OCc1ccccc1)C(=O)N1CCC[C@H]1C(=O)N[C@@H](CCCN=C(N)N)C(=O)Nc1ccc2c(-c3ccccc3C(=O)O)c3ccc(=[NH+]C(=O)[C@H](CCCN=C(N)N)NC(=O)[C@@H]4CCCN4C(=O)[C@@H](NC(=O)OCc4ccccc4)[C@@H](C)CC)cc-3oc2c1. The molecule has 27 nitrogen and oxygen atoms in total. The Balaban J connectivity index is 1.06. The number of carbonyl (C=O) groups is 9. The molecular formula is C70H87N14O13+. The number of ether oxygens (including phenoxy) is 2. The molecule has 0 radical (unpaired) electrons. The summed E-state index contributed by atoms with van der Waals surface area (Å²) in [5, 5.41) is 25.2. The van der Waals surface area contributed by atoms with E-state index in [1.807, 2.05) is 64.1 Å². The minimum atomic E-state index is -1.21. The number of hydrogen-bond acceptors (Lipinski definition) is 14. The van der Waals surface area contributed by atoms with Gasteiger partial charge in [-0.15, -0.1) is 0 Å². The minimum Gasteiger partial charge on any atom is -0.478 e. The molecule has 15 N–H and O–H groups in total. The van der Waals surface area contributed by atoms with Crippen LogP contribution in [-0.2, 0) is 51.5 Å². The van der Waals surface area contributed by atoms with Crippen molar-refractivity contribution in [2.24, 2.45) is 44.8 Å². The predicted octanol–water partition coefficient (Wildman–Crippen LogP) is 4.09. The molecule has 2 fully saturated rings. The maximum atomic E-state index is 14.6. The molecule has 97 heavy (non-hydrogen) atoms. The average Bonchev–Trinajstić information content (AvgIpc) is 1.72. The van der Waals surface area contributed by atoms with Crippen molar-refractivity contribution >= 4 is 82.2 Å². The third-order valence-electron chi connectivity index (χ3n) is 17.4. The number of likely N-dealkylation sites (tertiary alicyclic amines) is 2. The molecule has 4 aromatic carbocycles. The van der Waals surface area contributed by atoms with Gasteiger partial charge >= 0.3 is 24.1 Å². The zero-order chi connectivity index (χ0) is 69.7. The van der Waals surface area contributed by atoms with Crippen LogP contribution in [0.25, 0.3) is 33.4 Å². The number of anilines is 1. The molecule has 8 atom stereocenters. The fourth-order valence-corrected chi connectivity index (χ4v) is 11.9. The summed E-state index contributed by atoms with van der Waals surface area (Å²) in [7, 11) is 0. The molecule has 4 aromatic rings. The molecule has 0 spiro atoms. The maximum absolute atomic E-state index is 14.6. The number of fused-ring (bicyclic) bond motifs is 2. The summed E-state index contributed by atoms with van der Waals surface area (Å²) >= 11 is 0. The zero-order valence-electron chi connectivity index (χ0n) is 54.9. The Bertz CT molecular complexity index is 3890. The number of nitrogens with one attached hydrogen (secondary N) is 6. The van der Waals surface area contributed by atoms with Gasteiger partial charge in [-0.25, -0.2) is 19.2 Å². The quantitative estimate of drug-likeness (QED) is 0.0136. The summed E-state index contributed by atoms with van der Waals surface area (Å²) in [4.78, 5) is 140. The highest BCUT2D eigenvalue weighted by Gasteiger charge is 2.43. The van der Waals surface area contributed by atoms with Crippen LogP contribution < -0.4 is 59.9 Å². The van der Waals surface area contributed by atoms with E-state index in [1.165, 1.54) is 28.0 Å². The molecule has 27 heteroatoms. The average molecular weight is 1330 g/mol. The first-order valence-electron chi connectivity index (χ1n) is 32.7. The Labute approximate surface area is 561 Å². The van der Waals surface area contributed by atoms with E-state index in [9.17, 15) is 48.3 Å². The smallest absolute Gasteiger partial charge is 0.408 e. The van der Waals surface area contributed by atoms with Gasteiger partial charge in [-0.1, -0.05) is 119 Å². The normalized spacial score (nSPS) is 16.4. The minimum absolute atomic E-state index is 0.0183. The van der Waals surface area contributed by atoms with Crippen molar-refractivity contribution < 1.29 is 67.1 Å². The first-order valence-corrected chi connectivity index (χ1v) is 32.7. The molecule has 0 aromatic heterocycles. The number of aromatic carboxylic acids is 1. The summed E-state index contributed by atoms with van der Waals surface area (Å²) in [6, 6.07) is 27.7. The van der Waals surface area contributed by atoms with E-state index >= 15 is 0 Å². The van der Waals surface area contributed by atoms with Crippen molar-refractivity contribution in [1.82, 2.24) is 31.1 Å². The number of carbonyl (C=O) groups excluding carboxylic acids is 8. The molecular weight excluding hydrogens is 1240 g/mol. The van der Waals surface area contributed by atoms with Gasteiger partial charge in [0.05, 0.1) is 11.6 Å². The first-order chi connectivity index (χ1) is 46.6. The number of aliphatic imine (C=N–C) groups is 2. The number of nitrogens with zero attached hydrogens (tertiary/aromatic N) is 4. The number of amides is 8. The van der Waals surface area contributed by atoms with Crippen LogP contribution in [-0.4, -0.2) is 143 Å². The largest absolute Gasteiger partial charge is 0.478 e. The van der Waals surface area contributed by atoms with Crippen molar-refractivity contribution in [1.29, 1.82) is 0 Å². The number of carboxylic acid groups (broad SMARTS) is 1. The van der Waals surface area contributed by atoms with E-state index in [0.717, 1.165) is 11.1 Å². The van der Waals surface area contributed by atoms with Gasteiger partial charge in [0.15, 0.2) is 18.0 Å². The standard InChI is InChI=1S/C70H86N14O13/c1-5-41(3)58(81-69(93)95-39-43-19-9-7-10-20-43)64(89)83-35-17-27-53(83)62(87)79-51(25-15-33-75-67(71)72)60(85)77-45-29-31-49-55(37-45)97-56-38-46(30-32-50(56)57(49)47-23-13-14-24-48(47)66(91)92)78-61(86)52(26-16-34-76-68(73)74)80-63(88)54-28-18-36-84(54)65(90)59(42(4)6-2)82-70(94)96-40-44-21-11-8-12-22-44/h7-14,19-24,29-32,37-38,41-42,51-54,58-59H,5-6,15-18,25-28,33-36,39-40H2,1-4H3,(H,77,85)(H,79,87)(H,80,88)(H,81,93)(H,82,94)(H,91,92)(H4,71,72,75)(H4,73,74,76)/p+1/t41-,42-,51-,52-,53-,54-,58-,59-/m0/s1. The molecule has 0 unspecified atom stereocenters. The van der Waals surface area contributed by atoms with Crippen molar-refractivity contribution in [2.75, 3.05) is 31.5 Å². The van der Waals surface area contributed by atoms with Gasteiger partial charge < -0.3 is 78.3 Å². The van der Waals surface area contributed by atoms with Crippen LogP contribution in [0.4, 0.5) is 15.3 Å². The monoisotopic (exact) mass is 1330 g/mol. The molecule has 3 heterocycles. The van der Waals surface area contributed by atoms with Crippen LogP contribution in [0.15, 0.2) is 136 Å². The lowest BCUT2D eigenvalue weighted by Crippen LogP contribution is -2.84. The zero-order valence-corrected chi connectivity index (χ0v) is 54.9. The van der Waals surface area contributed by atoms with E-state index in [-0.39, 0.29) is 130 Å². The van der Waals surface area contributed by atoms with Crippen LogP contribution in [0.1, 0.15) is 113 Å². The number of carboxylic acids is 1. The van der Waals surface area contributed by atoms with Crippen molar-refractivity contribution in [3.05, 3.63) is 143 Å². The second-order valence-electron chi connectivity index (χ2n) is 24.3. The Morgan fingerprint density at radius 3 is 1.64 bits per heavy atom. The van der Waals surface area contributed by atoms with E-state index < -0.39 is 89.8 Å². The summed E-state index contributed by atoms with van der Waals surface area (Å²) in [6.07, 6.45) is 1.56. The molecule has 8 amide bonds. The van der Waals surface area contributed by atoms with Crippen LogP contribution >= 0.6 is 0 Å². The summed E-state index contributed by atoms with van der Waals surface area (Å²) in [5.41, 5.74) is 25.6. The van der Waals surface area contributed by atoms with Gasteiger partial charge in [-0.2, -0.15) is 4.99 Å². The summed E-state index contributed by atoms with van der Waals surface area (Å²) < 4.78 is 17.5. The number of nitrogens with two attached hydrogens (primary N) is 4. The van der Waals surface area contributed by atoms with Crippen LogP contribution in [0, 0.1) is 11.8 Å². The van der Waals surface area contributed by atoms with Crippen molar-refractivity contribution in [2.45, 2.75) is 141 Å². The Morgan fingerprint density at radius 2 is 1.12 bits per heavy atom. The van der Waals surface area contributed by atoms with E-state index in [0.29, 0.717) is 47.8 Å². The molecule has 8 rings (SSSR count). The number of benzene rings is 5. The molecule has 3 aliphatic heterocycles. The van der Waals surface area contributed by atoms with Crippen molar-refractivity contribution in [3.63, 3.8) is 0 Å². The fourth-order valence-electron chi connectivity index (χ4n) is 11.9. The van der Waals surface area contributed by atoms with E-state index in [4.69, 9.17) is 36.8 Å². The first kappa shape index (κ1) is 72.0. The van der Waals surface area contributed by atoms with Gasteiger partial charge in [-0.3, -0.25) is 34.0 Å². The lowest BCUT2D eigenvalue weighted by molar-refractivity contribution is -0.419. The van der Waals surface area contributed by atoms with E-state index in [1.54, 1.807) is 66.7 Å². The number of alkyl carbamates (subject to hydrolysis) is 2. The van der Waals surface area contributed by atoms with Crippen LogP contribution in [0.5, 0.6) is 0 Å². The maximum Gasteiger partial charge on any atom is 0.408 e. The Hall–Kier alpha value is -10.9. The Kier molecular flexibility index (Phi) is 25.6. The topological polar surface area (TPSA) is 415 Å². The molecule has 1 aliphatic carbocycles. The molecule has 514 valence electrons. The van der Waals surface area contributed by atoms with Gasteiger partial charge in [0, 0.05) is 60.5 Å². The number of guanidine groups is 2. The second-order valence-corrected chi connectivity index (χ2v) is 24.3. The number of rotatable bonds is 29. The summed E-state index contributed by atoms with van der Waals surface area (Å²) in [5.74, 6) is -5.49. The Morgan fingerprint density at radius 1 is 0.619 bits per heavy atom. The van der Waals surface area contributed by atoms with E-state index in [2.05, 4.69) is 41.6 Å². The third kappa shape index (κ3) is 19.4. The highest BCUT2D eigenvalue weighted by molar-refractivity contribution is 6.09. The van der Waals surface area contributed by atoms with Gasteiger partial charge in [0.25, 0.3) is 0 Å². The molecule has 4 aliphatic rings. The van der Waals surface area contributed by atoms with Crippen LogP contribution in [0.2, 0.25) is 0 Å². The van der Waals surface area contributed by atoms with Crippen LogP contribution in [0.3, 0.4) is 0 Å². The van der Waals surface area contributed by atoms with Gasteiger partial charge in [-0.05, 0) is 104 Å².